The molecule has 4 heterocycles. The van der Waals surface area contributed by atoms with Crippen molar-refractivity contribution in [3.05, 3.63) is 93.3 Å². The van der Waals surface area contributed by atoms with Gasteiger partial charge in [0.25, 0.3) is 5.56 Å². The molecule has 0 amide bonds. The monoisotopic (exact) mass is 554 g/mol. The number of carbonyl (C=O) groups excluding carboxylic acids is 3. The molecule has 2 aromatic carbocycles. The Kier molecular flexibility index (Phi) is 6.53. The normalized spacial score (nSPS) is 16.9. The number of phenols is 1. The zero-order valence-electron chi connectivity index (χ0n) is 22.2. The van der Waals surface area contributed by atoms with Gasteiger partial charge in [-0.3, -0.25) is 14.4 Å². The molecule has 10 nitrogen and oxygen atoms in total. The van der Waals surface area contributed by atoms with Gasteiger partial charge in [0.1, 0.15) is 19.0 Å². The Hall–Kier alpha value is -4.99. The van der Waals surface area contributed by atoms with Crippen LogP contribution < -0.4 is 5.56 Å². The average molecular weight is 555 g/mol. The van der Waals surface area contributed by atoms with E-state index < -0.39 is 23.5 Å². The largest absolute Gasteiger partial charge is 0.508 e. The number of fused-ring (bicyclic) bond motifs is 5. The van der Waals surface area contributed by atoms with Crippen molar-refractivity contribution in [3.8, 4) is 17.1 Å². The third-order valence-corrected chi connectivity index (χ3v) is 7.52. The summed E-state index contributed by atoms with van der Waals surface area (Å²) >= 11 is 0. The fourth-order valence-corrected chi connectivity index (χ4v) is 5.39. The molecule has 2 aliphatic rings. The van der Waals surface area contributed by atoms with Crippen LogP contribution >= 0.6 is 0 Å². The van der Waals surface area contributed by atoms with Crippen LogP contribution in [0.3, 0.4) is 0 Å². The summed E-state index contributed by atoms with van der Waals surface area (Å²) in [5.41, 5.74) is 1.55. The highest BCUT2D eigenvalue weighted by Crippen LogP contribution is 2.41. The number of cyclic esters (lactones) is 1. The van der Waals surface area contributed by atoms with Crippen molar-refractivity contribution < 1.29 is 33.7 Å². The summed E-state index contributed by atoms with van der Waals surface area (Å²) in [5.74, 6) is -2.05. The zero-order valence-corrected chi connectivity index (χ0v) is 22.2. The first-order chi connectivity index (χ1) is 19.8. The van der Waals surface area contributed by atoms with Crippen LogP contribution in [0.25, 0.3) is 22.3 Å². The lowest BCUT2D eigenvalue weighted by Crippen LogP contribution is -2.47. The van der Waals surface area contributed by atoms with Gasteiger partial charge in [0, 0.05) is 16.5 Å². The van der Waals surface area contributed by atoms with Gasteiger partial charge in [0.15, 0.2) is 0 Å². The van der Waals surface area contributed by atoms with Gasteiger partial charge in [-0.2, -0.15) is 0 Å². The summed E-state index contributed by atoms with van der Waals surface area (Å²) in [5, 5.41) is 10.6. The van der Waals surface area contributed by atoms with E-state index in [1.807, 2.05) is 36.4 Å². The molecule has 0 fully saturated rings. The Morgan fingerprint density at radius 3 is 2.61 bits per heavy atom. The zero-order chi connectivity index (χ0) is 28.7. The minimum Gasteiger partial charge on any atom is -0.508 e. The lowest BCUT2D eigenvalue weighted by atomic mass is 9.85. The van der Waals surface area contributed by atoms with Gasteiger partial charge in [-0.1, -0.05) is 37.3 Å². The van der Waals surface area contributed by atoms with Crippen LogP contribution in [0.5, 0.6) is 5.75 Å². The fraction of sp³-hybridized carbons (Fsp3) is 0.258. The van der Waals surface area contributed by atoms with Crippen molar-refractivity contribution in [3.63, 3.8) is 0 Å². The van der Waals surface area contributed by atoms with E-state index in [9.17, 15) is 24.3 Å². The average Bonchev–Trinajstić information content (AvgIpc) is 3.33. The number of pyridine rings is 2. The number of phenolic OH excluding ortho intramolecular Hbond substituents is 1. The van der Waals surface area contributed by atoms with Crippen molar-refractivity contribution in [1.82, 2.24) is 9.55 Å². The molecule has 0 aliphatic carbocycles. The summed E-state index contributed by atoms with van der Waals surface area (Å²) in [7, 11) is 0. The van der Waals surface area contributed by atoms with E-state index in [2.05, 4.69) is 0 Å². The number of nitrogens with zero attached hydrogens (tertiary/aromatic N) is 2. The summed E-state index contributed by atoms with van der Waals surface area (Å²) in [6.07, 6.45) is -0.533. The lowest BCUT2D eigenvalue weighted by Gasteiger charge is -2.35. The van der Waals surface area contributed by atoms with Crippen LogP contribution in [0.1, 0.15) is 48.4 Å². The minimum absolute atomic E-state index is 0.0171. The molecular weight excluding hydrogens is 528 g/mol. The number of hydrogen-bond acceptors (Lipinski definition) is 9. The second-order valence-corrected chi connectivity index (χ2v) is 10.1. The predicted octanol–water partition coefficient (Wildman–Crippen LogP) is 3.86. The van der Waals surface area contributed by atoms with Crippen molar-refractivity contribution >= 4 is 28.8 Å². The van der Waals surface area contributed by atoms with Crippen LogP contribution in [0.2, 0.25) is 0 Å². The summed E-state index contributed by atoms with van der Waals surface area (Å²) in [6, 6.07) is 17.5. The Morgan fingerprint density at radius 2 is 1.83 bits per heavy atom. The third-order valence-electron chi connectivity index (χ3n) is 7.52. The van der Waals surface area contributed by atoms with Gasteiger partial charge in [-0.25, -0.2) is 9.78 Å². The van der Waals surface area contributed by atoms with Crippen molar-refractivity contribution in [2.75, 3.05) is 0 Å². The van der Waals surface area contributed by atoms with E-state index in [0.717, 1.165) is 16.5 Å². The van der Waals surface area contributed by atoms with E-state index in [-0.39, 0.29) is 61.5 Å². The Bertz CT molecular complexity index is 1780. The van der Waals surface area contributed by atoms with Gasteiger partial charge in [0.05, 0.1) is 41.9 Å². The number of carbonyl (C=O) groups is 3. The molecule has 10 heteroatoms. The number of rotatable bonds is 7. The molecule has 1 atom stereocenters. The molecule has 0 spiro atoms. The molecular formula is C31H26N2O8. The summed E-state index contributed by atoms with van der Waals surface area (Å²) < 4.78 is 17.9. The van der Waals surface area contributed by atoms with Gasteiger partial charge in [-0.05, 0) is 42.3 Å². The Labute approximate surface area is 234 Å². The molecule has 0 saturated heterocycles. The third kappa shape index (κ3) is 4.61. The van der Waals surface area contributed by atoms with Crippen molar-refractivity contribution in [1.29, 1.82) is 0 Å². The molecule has 0 radical (unpaired) electrons. The molecule has 0 saturated carbocycles. The van der Waals surface area contributed by atoms with E-state index >= 15 is 0 Å². The molecule has 4 aromatic rings. The highest BCUT2D eigenvalue weighted by molar-refractivity contribution is 5.89. The highest BCUT2D eigenvalue weighted by Gasteiger charge is 2.50. The standard InChI is InChI=1S/C31H26N2O8/c1-2-31(41-27(36)11-10-26(35)39-16-18-6-4-3-5-7-18)23-14-25-28-20(12-19-13-21(34)8-9-24(19)32-28)15-33(25)29(37)22(23)17-40-30(31)38/h3-9,12-14,34H,2,10-11,15-17H2,1H3/t31-/m0/s1. The molecule has 2 aliphatic heterocycles. The summed E-state index contributed by atoms with van der Waals surface area (Å²) in [6.45, 7) is 1.74. The molecule has 0 bridgehead atoms. The lowest BCUT2D eigenvalue weighted by molar-refractivity contribution is -0.189. The quantitative estimate of drug-likeness (QED) is 0.235. The SMILES string of the molecule is CC[C@@]1(OC(=O)CCC(=O)OCc2ccccc2)C(=O)OCc2c1cc1n(c2=O)Cc2cc3cc(O)ccc3nc2-1. The van der Waals surface area contributed by atoms with Crippen molar-refractivity contribution in [2.45, 2.75) is 51.5 Å². The number of ether oxygens (including phenoxy) is 3. The number of aromatic hydroxyl groups is 1. The second-order valence-electron chi connectivity index (χ2n) is 10.1. The topological polar surface area (TPSA) is 134 Å². The maximum Gasteiger partial charge on any atom is 0.355 e. The van der Waals surface area contributed by atoms with E-state index in [0.29, 0.717) is 16.9 Å². The first kappa shape index (κ1) is 26.2. The number of hydrogen-bond donors (Lipinski definition) is 1. The van der Waals surface area contributed by atoms with Crippen LogP contribution in [-0.2, 0) is 54.0 Å². The van der Waals surface area contributed by atoms with Gasteiger partial charge in [-0.15, -0.1) is 0 Å². The molecule has 208 valence electrons. The molecule has 6 rings (SSSR count). The molecule has 2 aromatic heterocycles. The first-order valence-electron chi connectivity index (χ1n) is 13.3. The van der Waals surface area contributed by atoms with Crippen LogP contribution in [0.4, 0.5) is 0 Å². The minimum atomic E-state index is -1.85. The van der Waals surface area contributed by atoms with E-state index in [4.69, 9.17) is 19.2 Å². The fourth-order valence-electron chi connectivity index (χ4n) is 5.39. The smallest absolute Gasteiger partial charge is 0.355 e. The number of aromatic nitrogens is 2. The van der Waals surface area contributed by atoms with Crippen molar-refractivity contribution in [2.24, 2.45) is 0 Å². The maximum absolute atomic E-state index is 13.6. The Morgan fingerprint density at radius 1 is 1.05 bits per heavy atom. The number of benzene rings is 2. The molecule has 41 heavy (non-hydrogen) atoms. The van der Waals surface area contributed by atoms with Gasteiger partial charge >= 0.3 is 17.9 Å². The van der Waals surface area contributed by atoms with E-state index in [1.165, 1.54) is 6.07 Å². The van der Waals surface area contributed by atoms with Crippen LogP contribution in [0.15, 0.2) is 65.5 Å². The Balaban J connectivity index is 1.28. The maximum atomic E-state index is 13.6. The van der Waals surface area contributed by atoms with Crippen LogP contribution in [0, 0.1) is 0 Å². The molecule has 0 unspecified atom stereocenters. The molecule has 1 N–H and O–H groups in total. The predicted molar refractivity (Wildman–Crippen MR) is 146 cm³/mol. The van der Waals surface area contributed by atoms with Gasteiger partial charge in [0.2, 0.25) is 5.60 Å². The first-order valence-corrected chi connectivity index (χ1v) is 13.3. The van der Waals surface area contributed by atoms with Gasteiger partial charge < -0.3 is 23.9 Å². The van der Waals surface area contributed by atoms with E-state index in [1.54, 1.807) is 29.7 Å². The van der Waals surface area contributed by atoms with Crippen LogP contribution in [-0.4, -0.2) is 32.6 Å². The number of esters is 3. The second kappa shape index (κ2) is 10.2. The summed E-state index contributed by atoms with van der Waals surface area (Å²) in [4.78, 5) is 56.7. The highest BCUT2D eigenvalue weighted by atomic mass is 16.6.